The number of carbonyl (C=O) groups excluding carboxylic acids is 1. The van der Waals surface area contributed by atoms with Gasteiger partial charge >= 0.3 is 5.97 Å². The van der Waals surface area contributed by atoms with Crippen molar-refractivity contribution in [2.75, 3.05) is 7.11 Å². The molecule has 0 spiro atoms. The van der Waals surface area contributed by atoms with Crippen LogP contribution in [0.2, 0.25) is 0 Å². The van der Waals surface area contributed by atoms with Crippen molar-refractivity contribution < 1.29 is 19.4 Å². The van der Waals surface area contributed by atoms with E-state index in [1.54, 1.807) is 18.2 Å². The number of carbonyl (C=O) groups is 2. The molecule has 0 aliphatic rings. The van der Waals surface area contributed by atoms with E-state index in [1.807, 2.05) is 0 Å². The molecule has 1 rings (SSSR count). The summed E-state index contributed by atoms with van der Waals surface area (Å²) in [6.07, 6.45) is 1.17. The molecule has 15 heavy (non-hydrogen) atoms. The Bertz CT molecular complexity index is 371. The lowest BCUT2D eigenvalue weighted by atomic mass is 10.1. The van der Waals surface area contributed by atoms with Crippen molar-refractivity contribution in [3.8, 4) is 5.75 Å². The fraction of sp³-hybridized carbons (Fsp3) is 0.273. The maximum atomic E-state index is 10.7. The number of aliphatic carboxylic acids is 1. The van der Waals surface area contributed by atoms with Gasteiger partial charge in [-0.05, 0) is 24.1 Å². The SMILES string of the molecule is COc1ccc(CCC(=O)O)cc1C=O. The van der Waals surface area contributed by atoms with E-state index >= 15 is 0 Å². The van der Waals surface area contributed by atoms with Gasteiger partial charge in [-0.3, -0.25) is 9.59 Å². The molecule has 80 valence electrons. The molecule has 4 nitrogen and oxygen atoms in total. The highest BCUT2D eigenvalue weighted by Gasteiger charge is 2.04. The number of carboxylic acid groups (broad SMARTS) is 1. The third kappa shape index (κ3) is 3.09. The van der Waals surface area contributed by atoms with Crippen LogP contribution in [0.3, 0.4) is 0 Å². The molecule has 0 aromatic heterocycles. The van der Waals surface area contributed by atoms with Crippen molar-refractivity contribution >= 4 is 12.3 Å². The molecule has 0 atom stereocenters. The maximum absolute atomic E-state index is 10.7. The zero-order valence-corrected chi connectivity index (χ0v) is 8.40. The summed E-state index contributed by atoms with van der Waals surface area (Å²) in [5, 5.41) is 8.51. The Labute approximate surface area is 87.5 Å². The lowest BCUT2D eigenvalue weighted by Crippen LogP contribution is -1.99. The fourth-order valence-electron chi connectivity index (χ4n) is 1.28. The van der Waals surface area contributed by atoms with E-state index < -0.39 is 5.97 Å². The number of benzene rings is 1. The van der Waals surface area contributed by atoms with Crippen molar-refractivity contribution in [2.24, 2.45) is 0 Å². The second-order valence-corrected chi connectivity index (χ2v) is 3.09. The van der Waals surface area contributed by atoms with E-state index in [1.165, 1.54) is 7.11 Å². The molecule has 1 aromatic rings. The van der Waals surface area contributed by atoms with Gasteiger partial charge in [-0.15, -0.1) is 0 Å². The highest BCUT2D eigenvalue weighted by atomic mass is 16.5. The quantitative estimate of drug-likeness (QED) is 0.745. The van der Waals surface area contributed by atoms with Crippen LogP contribution in [0.4, 0.5) is 0 Å². The van der Waals surface area contributed by atoms with E-state index in [0.717, 1.165) is 5.56 Å². The van der Waals surface area contributed by atoms with E-state index in [2.05, 4.69) is 0 Å². The first kappa shape index (κ1) is 11.2. The zero-order valence-electron chi connectivity index (χ0n) is 8.40. The molecule has 0 saturated heterocycles. The average Bonchev–Trinajstić information content (AvgIpc) is 2.25. The Balaban J connectivity index is 2.83. The van der Waals surface area contributed by atoms with E-state index in [4.69, 9.17) is 9.84 Å². The van der Waals surface area contributed by atoms with Crippen LogP contribution in [0, 0.1) is 0 Å². The standard InChI is InChI=1S/C11H12O4/c1-15-10-4-2-8(3-5-11(13)14)6-9(10)7-12/h2,4,6-7H,3,5H2,1H3,(H,13,14). The van der Waals surface area contributed by atoms with Gasteiger partial charge in [0, 0.05) is 6.42 Å². The smallest absolute Gasteiger partial charge is 0.303 e. The molecule has 0 saturated carbocycles. The lowest BCUT2D eigenvalue weighted by molar-refractivity contribution is -0.136. The summed E-state index contributed by atoms with van der Waals surface area (Å²) in [6, 6.07) is 5.07. The van der Waals surface area contributed by atoms with Crippen molar-refractivity contribution in [1.29, 1.82) is 0 Å². The molecule has 0 radical (unpaired) electrons. The molecule has 0 unspecified atom stereocenters. The minimum Gasteiger partial charge on any atom is -0.496 e. The van der Waals surface area contributed by atoms with Gasteiger partial charge in [-0.1, -0.05) is 6.07 Å². The molecule has 0 amide bonds. The van der Waals surface area contributed by atoms with E-state index in [9.17, 15) is 9.59 Å². The summed E-state index contributed by atoms with van der Waals surface area (Å²) in [6.45, 7) is 0. The molecule has 0 aliphatic heterocycles. The van der Waals surface area contributed by atoms with Crippen LogP contribution >= 0.6 is 0 Å². The highest BCUT2D eigenvalue weighted by Crippen LogP contribution is 2.18. The number of aryl methyl sites for hydroxylation is 1. The number of aldehydes is 1. The summed E-state index contributed by atoms with van der Waals surface area (Å²) < 4.78 is 4.97. The monoisotopic (exact) mass is 208 g/mol. The van der Waals surface area contributed by atoms with Gasteiger partial charge in [0.15, 0.2) is 6.29 Å². The first-order valence-electron chi connectivity index (χ1n) is 4.51. The Hall–Kier alpha value is -1.84. The van der Waals surface area contributed by atoms with E-state index in [-0.39, 0.29) is 6.42 Å². The highest BCUT2D eigenvalue weighted by molar-refractivity contribution is 5.79. The molecule has 0 fully saturated rings. The van der Waals surface area contributed by atoms with Crippen LogP contribution in [-0.4, -0.2) is 24.5 Å². The molecule has 1 aromatic carbocycles. The number of ether oxygens (including phenoxy) is 1. The number of hydrogen-bond donors (Lipinski definition) is 1. The van der Waals surface area contributed by atoms with Crippen LogP contribution in [0.25, 0.3) is 0 Å². The zero-order chi connectivity index (χ0) is 11.3. The topological polar surface area (TPSA) is 63.6 Å². The Morgan fingerprint density at radius 3 is 2.80 bits per heavy atom. The van der Waals surface area contributed by atoms with Crippen LogP contribution in [0.15, 0.2) is 18.2 Å². The second kappa shape index (κ2) is 5.14. The van der Waals surface area contributed by atoms with Crippen molar-refractivity contribution in [3.05, 3.63) is 29.3 Å². The first-order valence-corrected chi connectivity index (χ1v) is 4.51. The molecular weight excluding hydrogens is 196 g/mol. The molecule has 0 heterocycles. The number of rotatable bonds is 5. The third-order valence-electron chi connectivity index (χ3n) is 2.05. The first-order chi connectivity index (χ1) is 7.17. The molecule has 0 bridgehead atoms. The van der Waals surface area contributed by atoms with Crippen LogP contribution in [-0.2, 0) is 11.2 Å². The Morgan fingerprint density at radius 1 is 1.53 bits per heavy atom. The van der Waals surface area contributed by atoms with Gasteiger partial charge in [-0.25, -0.2) is 0 Å². The number of carboxylic acids is 1. The normalized spacial score (nSPS) is 9.67. The Morgan fingerprint density at radius 2 is 2.27 bits per heavy atom. The average molecular weight is 208 g/mol. The van der Waals surface area contributed by atoms with Crippen LogP contribution in [0.1, 0.15) is 22.3 Å². The largest absolute Gasteiger partial charge is 0.496 e. The van der Waals surface area contributed by atoms with Crippen LogP contribution < -0.4 is 4.74 Å². The van der Waals surface area contributed by atoms with Gasteiger partial charge < -0.3 is 9.84 Å². The molecule has 0 aliphatic carbocycles. The van der Waals surface area contributed by atoms with Crippen LogP contribution in [0.5, 0.6) is 5.75 Å². The summed E-state index contributed by atoms with van der Waals surface area (Å²) in [4.78, 5) is 21.0. The van der Waals surface area contributed by atoms with Gasteiger partial charge in [0.05, 0.1) is 12.7 Å². The summed E-state index contributed by atoms with van der Waals surface area (Å²) in [7, 11) is 1.49. The van der Waals surface area contributed by atoms with Gasteiger partial charge in [0.1, 0.15) is 5.75 Å². The number of hydrogen-bond acceptors (Lipinski definition) is 3. The summed E-state index contributed by atoms with van der Waals surface area (Å²) in [5.41, 5.74) is 1.26. The van der Waals surface area contributed by atoms with Gasteiger partial charge in [0.2, 0.25) is 0 Å². The second-order valence-electron chi connectivity index (χ2n) is 3.09. The molecule has 4 heteroatoms. The van der Waals surface area contributed by atoms with Crippen molar-refractivity contribution in [1.82, 2.24) is 0 Å². The third-order valence-corrected chi connectivity index (χ3v) is 2.05. The van der Waals surface area contributed by atoms with Gasteiger partial charge in [-0.2, -0.15) is 0 Å². The lowest BCUT2D eigenvalue weighted by Gasteiger charge is -2.05. The summed E-state index contributed by atoms with van der Waals surface area (Å²) in [5.74, 6) is -0.345. The number of methoxy groups -OCH3 is 1. The van der Waals surface area contributed by atoms with Gasteiger partial charge in [0.25, 0.3) is 0 Å². The van der Waals surface area contributed by atoms with E-state index in [0.29, 0.717) is 24.0 Å². The Kier molecular flexibility index (Phi) is 3.85. The minimum absolute atomic E-state index is 0.0601. The predicted octanol–water partition coefficient (Wildman–Crippen LogP) is 1.52. The van der Waals surface area contributed by atoms with Crippen molar-refractivity contribution in [3.63, 3.8) is 0 Å². The fourth-order valence-corrected chi connectivity index (χ4v) is 1.28. The maximum Gasteiger partial charge on any atom is 0.303 e. The van der Waals surface area contributed by atoms with Crippen molar-refractivity contribution in [2.45, 2.75) is 12.8 Å². The predicted molar refractivity (Wildman–Crippen MR) is 54.3 cm³/mol. The molecule has 1 N–H and O–H groups in total. The minimum atomic E-state index is -0.849. The molecular formula is C11H12O4. The summed E-state index contributed by atoms with van der Waals surface area (Å²) >= 11 is 0.